The topological polar surface area (TPSA) is 62.9 Å². The molecule has 0 aliphatic carbocycles. The molecule has 0 spiro atoms. The Morgan fingerprint density at radius 1 is 0.786 bits per heavy atom. The predicted molar refractivity (Wildman–Crippen MR) is 55.5 cm³/mol. The number of nitrogens with two attached hydrogens (primary N) is 1. The van der Waals surface area contributed by atoms with Crippen LogP contribution in [0.25, 0.3) is 0 Å². The summed E-state index contributed by atoms with van der Waals surface area (Å²) in [6.07, 6.45) is 0. The third-order valence-corrected chi connectivity index (χ3v) is 1.44. The molecule has 0 aromatic heterocycles. The minimum Gasteiger partial charge on any atom is -0.382 e. The molecule has 0 rings (SSSR count). The van der Waals surface area contributed by atoms with Gasteiger partial charge in [-0.25, -0.2) is 0 Å². The van der Waals surface area contributed by atoms with Crippen LogP contribution in [-0.2, 0) is 18.9 Å². The zero-order chi connectivity index (χ0) is 10.5. The van der Waals surface area contributed by atoms with E-state index in [4.69, 9.17) is 24.7 Å². The van der Waals surface area contributed by atoms with Crippen molar-refractivity contribution < 1.29 is 20.4 Å². The number of rotatable bonds is 11. The molecule has 0 saturated heterocycles. The first-order valence-electron chi connectivity index (χ1n) is 4.84. The first-order chi connectivity index (χ1) is 6.91. The third-order valence-electron chi connectivity index (χ3n) is 1.44. The van der Waals surface area contributed by atoms with Crippen LogP contribution in [0.15, 0.2) is 0 Å². The Morgan fingerprint density at radius 2 is 1.21 bits per heavy atom. The van der Waals surface area contributed by atoms with Gasteiger partial charge >= 0.3 is 0 Å². The highest BCUT2D eigenvalue weighted by atomic mass is 16.6. The number of ether oxygens (including phenoxy) is 4. The molecule has 2 N–H and O–H groups in total. The van der Waals surface area contributed by atoms with Gasteiger partial charge < -0.3 is 24.7 Å². The van der Waals surface area contributed by atoms with Crippen molar-refractivity contribution in [1.29, 1.82) is 0 Å². The van der Waals surface area contributed by atoms with E-state index in [0.29, 0.717) is 52.8 Å². The van der Waals surface area contributed by atoms with Crippen molar-refractivity contribution in [3.05, 3.63) is 0 Å². The van der Waals surface area contributed by atoms with Crippen molar-refractivity contribution in [2.24, 2.45) is 5.73 Å². The maximum absolute atomic E-state index is 5.24. The van der Waals surface area contributed by atoms with E-state index in [1.165, 1.54) is 0 Å². The second-order valence-corrected chi connectivity index (χ2v) is 2.62. The zero-order valence-electron chi connectivity index (χ0n) is 8.87. The average Bonchev–Trinajstić information content (AvgIpc) is 2.21. The second kappa shape index (κ2) is 12.8. The van der Waals surface area contributed by atoms with Gasteiger partial charge in [-0.1, -0.05) is 0 Å². The highest BCUT2D eigenvalue weighted by Gasteiger charge is 1.90. The molecule has 0 aliphatic rings. The van der Waals surface area contributed by atoms with Gasteiger partial charge in [0.1, 0.15) is 0 Å². The van der Waals surface area contributed by atoms with Crippen LogP contribution in [0.4, 0.5) is 0 Å². The summed E-state index contributed by atoms with van der Waals surface area (Å²) in [5, 5.41) is 0. The fraction of sp³-hybridized carbons (Fsp3) is 1.00. The highest BCUT2D eigenvalue weighted by molar-refractivity contribution is 4.34. The van der Waals surface area contributed by atoms with Gasteiger partial charge in [0, 0.05) is 15.1 Å². The van der Waals surface area contributed by atoms with Crippen molar-refractivity contribution in [2.45, 2.75) is 0 Å². The lowest BCUT2D eigenvalue weighted by molar-refractivity contribution is 0.00468. The van der Waals surface area contributed by atoms with Gasteiger partial charge in [-0.15, -0.1) is 0 Å². The minimum atomic E-state index is 0. The van der Waals surface area contributed by atoms with Crippen molar-refractivity contribution in [1.82, 2.24) is 0 Å². The van der Waals surface area contributed by atoms with Crippen molar-refractivity contribution in [2.75, 3.05) is 59.9 Å². The average molecular weight is 209 g/mol. The Labute approximate surface area is 86.9 Å². The van der Waals surface area contributed by atoms with E-state index in [1.807, 2.05) is 0 Å². The van der Waals surface area contributed by atoms with E-state index in [0.717, 1.165) is 0 Å². The van der Waals surface area contributed by atoms with Crippen LogP contribution >= 0.6 is 0 Å². The van der Waals surface area contributed by atoms with Crippen LogP contribution in [0.1, 0.15) is 1.43 Å². The summed E-state index contributed by atoms with van der Waals surface area (Å²) < 4.78 is 20.4. The summed E-state index contributed by atoms with van der Waals surface area (Å²) in [7, 11) is 1.65. The third kappa shape index (κ3) is 11.8. The van der Waals surface area contributed by atoms with Crippen LogP contribution in [-0.4, -0.2) is 59.9 Å². The molecule has 0 amide bonds. The molecule has 0 heterocycles. The fourth-order valence-electron chi connectivity index (χ4n) is 0.767. The maximum atomic E-state index is 5.24. The summed E-state index contributed by atoms with van der Waals surface area (Å²) in [5.41, 5.74) is 5.24. The van der Waals surface area contributed by atoms with E-state index in [-0.39, 0.29) is 1.43 Å². The first kappa shape index (κ1) is 13.8. The van der Waals surface area contributed by atoms with Crippen LogP contribution < -0.4 is 5.73 Å². The van der Waals surface area contributed by atoms with Crippen LogP contribution in [0.5, 0.6) is 0 Å². The monoisotopic (exact) mass is 209 g/mol. The summed E-state index contributed by atoms with van der Waals surface area (Å²) >= 11 is 0. The summed E-state index contributed by atoms with van der Waals surface area (Å²) in [6, 6.07) is 0. The molecule has 0 saturated carbocycles. The predicted octanol–water partition coefficient (Wildman–Crippen LogP) is -0.113. The molecule has 0 aliphatic heterocycles. The smallest absolute Gasteiger partial charge is 0.0701 e. The Hall–Kier alpha value is -0.200. The largest absolute Gasteiger partial charge is 0.382 e. The maximum Gasteiger partial charge on any atom is 0.0701 e. The Kier molecular flexibility index (Phi) is 12.6. The molecule has 5 nitrogen and oxygen atoms in total. The van der Waals surface area contributed by atoms with E-state index in [9.17, 15) is 0 Å². The molecular formula is C9H23NO4. The van der Waals surface area contributed by atoms with Crippen LogP contribution in [0.3, 0.4) is 0 Å². The lowest BCUT2D eigenvalue weighted by Crippen LogP contribution is -2.14. The SMILES string of the molecule is COCCOCCOCCOCCN.[HH]. The molecule has 0 radical (unpaired) electrons. The normalized spacial score (nSPS) is 10.7. The Morgan fingerprint density at radius 3 is 1.64 bits per heavy atom. The van der Waals surface area contributed by atoms with Gasteiger partial charge in [-0.2, -0.15) is 0 Å². The van der Waals surface area contributed by atoms with Crippen LogP contribution in [0.2, 0.25) is 0 Å². The van der Waals surface area contributed by atoms with Gasteiger partial charge in [0.05, 0.1) is 46.2 Å². The number of hydrogen-bond donors (Lipinski definition) is 1. The molecular weight excluding hydrogens is 186 g/mol. The molecule has 5 heteroatoms. The summed E-state index contributed by atoms with van der Waals surface area (Å²) in [5.74, 6) is 0. The Bertz CT molecular complexity index is 96.1. The molecule has 88 valence electrons. The Balaban J connectivity index is 0. The van der Waals surface area contributed by atoms with E-state index < -0.39 is 0 Å². The summed E-state index contributed by atoms with van der Waals surface area (Å²) in [6.45, 7) is 4.76. The molecule has 0 unspecified atom stereocenters. The standard InChI is InChI=1S/C9H21NO4.H2/c1-11-4-5-13-8-9-14-7-6-12-3-2-10;/h2-10H2,1H3;1H. The molecule has 0 aromatic rings. The van der Waals surface area contributed by atoms with E-state index in [1.54, 1.807) is 7.11 Å². The van der Waals surface area contributed by atoms with E-state index >= 15 is 0 Å². The van der Waals surface area contributed by atoms with Gasteiger partial charge in [0.2, 0.25) is 0 Å². The number of hydrogen-bond acceptors (Lipinski definition) is 5. The molecule has 0 atom stereocenters. The quantitative estimate of drug-likeness (QED) is 0.481. The fourth-order valence-corrected chi connectivity index (χ4v) is 0.767. The van der Waals surface area contributed by atoms with Gasteiger partial charge in [-0.05, 0) is 0 Å². The second-order valence-electron chi connectivity index (χ2n) is 2.62. The first-order valence-corrected chi connectivity index (χ1v) is 4.84. The lowest BCUT2D eigenvalue weighted by atomic mass is 10.7. The van der Waals surface area contributed by atoms with Crippen molar-refractivity contribution in [3.8, 4) is 0 Å². The van der Waals surface area contributed by atoms with Crippen molar-refractivity contribution in [3.63, 3.8) is 0 Å². The molecule has 14 heavy (non-hydrogen) atoms. The van der Waals surface area contributed by atoms with Gasteiger partial charge in [0.15, 0.2) is 0 Å². The van der Waals surface area contributed by atoms with Gasteiger partial charge in [0.25, 0.3) is 0 Å². The van der Waals surface area contributed by atoms with Crippen molar-refractivity contribution >= 4 is 0 Å². The lowest BCUT2D eigenvalue weighted by Gasteiger charge is -2.05. The number of methoxy groups -OCH3 is 1. The molecule has 0 aromatic carbocycles. The molecule has 0 bridgehead atoms. The molecule has 0 fully saturated rings. The summed E-state index contributed by atoms with van der Waals surface area (Å²) in [4.78, 5) is 0. The van der Waals surface area contributed by atoms with Crippen LogP contribution in [0, 0.1) is 0 Å². The highest BCUT2D eigenvalue weighted by Crippen LogP contribution is 1.81. The minimum absolute atomic E-state index is 0. The van der Waals surface area contributed by atoms with E-state index in [2.05, 4.69) is 0 Å². The zero-order valence-corrected chi connectivity index (χ0v) is 8.87. The van der Waals surface area contributed by atoms with Gasteiger partial charge in [-0.3, -0.25) is 0 Å².